The average molecular weight is 343 g/mol. The molecule has 1 aromatic heterocycles. The number of amides is 2. The first-order valence-corrected chi connectivity index (χ1v) is 7.89. The first kappa shape index (κ1) is 18.3. The molecule has 2 amide bonds. The summed E-state index contributed by atoms with van der Waals surface area (Å²) in [4.78, 5) is 37.8. The highest BCUT2D eigenvalue weighted by Gasteiger charge is 2.21. The zero-order valence-electron chi connectivity index (χ0n) is 14.0. The molecule has 0 radical (unpaired) electrons. The van der Waals surface area contributed by atoms with E-state index in [9.17, 15) is 19.5 Å². The lowest BCUT2D eigenvalue weighted by Crippen LogP contribution is -2.47. The maximum absolute atomic E-state index is 11.9. The van der Waals surface area contributed by atoms with Crippen molar-refractivity contribution in [2.45, 2.75) is 25.8 Å². The molecule has 0 aliphatic carbocycles. The number of para-hydroxylation sites is 1. The SMILES string of the molecule is C=C(C)C(=O)CCNC(=O)N[C@@H](Cc1c[nH]c2ccccc12)C(=O)O. The Kier molecular flexibility index (Phi) is 5.94. The molecule has 4 N–H and O–H groups in total. The quantitative estimate of drug-likeness (QED) is 0.549. The lowest BCUT2D eigenvalue weighted by atomic mass is 10.1. The Morgan fingerprint density at radius 3 is 2.68 bits per heavy atom. The predicted molar refractivity (Wildman–Crippen MR) is 94.4 cm³/mol. The van der Waals surface area contributed by atoms with Gasteiger partial charge in [0.2, 0.25) is 0 Å². The first-order chi connectivity index (χ1) is 11.9. The molecule has 0 aliphatic heterocycles. The highest BCUT2D eigenvalue weighted by molar-refractivity contribution is 5.94. The van der Waals surface area contributed by atoms with Gasteiger partial charge in [-0.3, -0.25) is 4.79 Å². The molecular weight excluding hydrogens is 322 g/mol. The van der Waals surface area contributed by atoms with Crippen molar-refractivity contribution in [3.8, 4) is 0 Å². The Hall–Kier alpha value is -3.09. The van der Waals surface area contributed by atoms with E-state index in [0.29, 0.717) is 5.57 Å². The van der Waals surface area contributed by atoms with Crippen molar-refractivity contribution in [2.75, 3.05) is 6.54 Å². The number of ketones is 1. The van der Waals surface area contributed by atoms with Crippen LogP contribution in [0.3, 0.4) is 0 Å². The molecule has 1 aromatic carbocycles. The minimum absolute atomic E-state index is 0.122. The number of hydrogen-bond donors (Lipinski definition) is 4. The molecular formula is C18H21N3O4. The maximum Gasteiger partial charge on any atom is 0.326 e. The Labute approximate surface area is 145 Å². The molecule has 1 heterocycles. The molecule has 132 valence electrons. The van der Waals surface area contributed by atoms with E-state index in [2.05, 4.69) is 22.2 Å². The van der Waals surface area contributed by atoms with Crippen LogP contribution in [-0.2, 0) is 16.0 Å². The maximum atomic E-state index is 11.9. The van der Waals surface area contributed by atoms with Crippen LogP contribution in [0.4, 0.5) is 4.79 Å². The number of hydrogen-bond acceptors (Lipinski definition) is 3. The van der Waals surface area contributed by atoms with Gasteiger partial charge >= 0.3 is 12.0 Å². The Bertz CT molecular complexity index is 810. The fraction of sp³-hybridized carbons (Fsp3) is 0.278. The van der Waals surface area contributed by atoms with Gasteiger partial charge in [-0.15, -0.1) is 0 Å². The normalized spacial score (nSPS) is 11.7. The summed E-state index contributed by atoms with van der Waals surface area (Å²) in [6.45, 7) is 5.26. The van der Waals surface area contributed by atoms with Crippen molar-refractivity contribution in [1.82, 2.24) is 15.6 Å². The number of carbonyl (C=O) groups excluding carboxylic acids is 2. The van der Waals surface area contributed by atoms with Gasteiger partial charge in [-0.25, -0.2) is 9.59 Å². The second kappa shape index (κ2) is 8.14. The highest BCUT2D eigenvalue weighted by atomic mass is 16.4. The summed E-state index contributed by atoms with van der Waals surface area (Å²) in [5, 5.41) is 15.2. The number of aliphatic carboxylic acids is 1. The van der Waals surface area contributed by atoms with Crippen molar-refractivity contribution < 1.29 is 19.5 Å². The van der Waals surface area contributed by atoms with Crippen molar-refractivity contribution in [3.05, 3.63) is 48.2 Å². The Morgan fingerprint density at radius 2 is 2.00 bits per heavy atom. The number of carboxylic acid groups (broad SMARTS) is 1. The largest absolute Gasteiger partial charge is 0.480 e. The van der Waals surface area contributed by atoms with Crippen LogP contribution in [0.1, 0.15) is 18.9 Å². The standard InChI is InChI=1S/C18H21N3O4/c1-11(2)16(22)7-8-19-18(25)21-15(17(23)24)9-12-10-20-14-6-4-3-5-13(12)14/h3-6,10,15,20H,1,7-9H2,2H3,(H,23,24)(H2,19,21,25)/t15-/m0/s1. The van der Waals surface area contributed by atoms with Gasteiger partial charge in [-0.1, -0.05) is 24.8 Å². The summed E-state index contributed by atoms with van der Waals surface area (Å²) in [5.41, 5.74) is 2.13. The van der Waals surface area contributed by atoms with Crippen molar-refractivity contribution in [3.63, 3.8) is 0 Å². The molecule has 2 aromatic rings. The van der Waals surface area contributed by atoms with Gasteiger partial charge in [0.05, 0.1) is 0 Å². The smallest absolute Gasteiger partial charge is 0.326 e. The van der Waals surface area contributed by atoms with E-state index in [1.54, 1.807) is 13.1 Å². The van der Waals surface area contributed by atoms with E-state index in [0.717, 1.165) is 16.5 Å². The zero-order valence-corrected chi connectivity index (χ0v) is 14.0. The van der Waals surface area contributed by atoms with Crippen LogP contribution < -0.4 is 10.6 Å². The molecule has 25 heavy (non-hydrogen) atoms. The number of aromatic nitrogens is 1. The number of nitrogens with one attached hydrogen (secondary N) is 3. The van der Waals surface area contributed by atoms with E-state index in [4.69, 9.17) is 0 Å². The third-order valence-electron chi connectivity index (χ3n) is 3.82. The minimum atomic E-state index is -1.13. The topological polar surface area (TPSA) is 111 Å². The van der Waals surface area contributed by atoms with Crippen molar-refractivity contribution >= 4 is 28.7 Å². The van der Waals surface area contributed by atoms with Crippen LogP contribution in [-0.4, -0.2) is 40.5 Å². The molecule has 0 saturated carbocycles. The lowest BCUT2D eigenvalue weighted by Gasteiger charge is -2.15. The monoisotopic (exact) mass is 343 g/mol. The summed E-state index contributed by atoms with van der Waals surface area (Å²) in [6, 6.07) is 5.85. The van der Waals surface area contributed by atoms with Crippen LogP contribution in [0.2, 0.25) is 0 Å². The second-order valence-electron chi connectivity index (χ2n) is 5.81. The number of allylic oxidation sites excluding steroid dienone is 1. The van der Waals surface area contributed by atoms with Crippen LogP contribution in [0.5, 0.6) is 0 Å². The van der Waals surface area contributed by atoms with Crippen molar-refractivity contribution in [1.29, 1.82) is 0 Å². The van der Waals surface area contributed by atoms with E-state index in [1.165, 1.54) is 0 Å². The van der Waals surface area contributed by atoms with Gasteiger partial charge in [0, 0.05) is 36.5 Å². The van der Waals surface area contributed by atoms with Gasteiger partial charge in [0.1, 0.15) is 6.04 Å². The molecule has 1 atom stereocenters. The fourth-order valence-electron chi connectivity index (χ4n) is 2.43. The number of rotatable bonds is 8. The number of fused-ring (bicyclic) bond motifs is 1. The molecule has 0 fully saturated rings. The Balaban J connectivity index is 1.94. The number of carbonyl (C=O) groups is 3. The van der Waals surface area contributed by atoms with Crippen LogP contribution in [0.15, 0.2) is 42.6 Å². The summed E-state index contributed by atoms with van der Waals surface area (Å²) < 4.78 is 0. The lowest BCUT2D eigenvalue weighted by molar-refractivity contribution is -0.139. The second-order valence-corrected chi connectivity index (χ2v) is 5.81. The van der Waals surface area contributed by atoms with Crippen LogP contribution in [0.25, 0.3) is 10.9 Å². The number of urea groups is 1. The summed E-state index contributed by atoms with van der Waals surface area (Å²) in [7, 11) is 0. The summed E-state index contributed by atoms with van der Waals surface area (Å²) >= 11 is 0. The third-order valence-corrected chi connectivity index (χ3v) is 3.82. The van der Waals surface area contributed by atoms with Gasteiger partial charge in [-0.2, -0.15) is 0 Å². The number of Topliss-reactive ketones (excluding diaryl/α,β-unsaturated/α-hetero) is 1. The van der Waals surface area contributed by atoms with E-state index >= 15 is 0 Å². The molecule has 2 rings (SSSR count). The molecule has 0 aliphatic rings. The molecule has 0 saturated heterocycles. The zero-order chi connectivity index (χ0) is 18.4. The van der Waals surface area contributed by atoms with Crippen molar-refractivity contribution in [2.24, 2.45) is 0 Å². The van der Waals surface area contributed by atoms with Gasteiger partial charge in [0.15, 0.2) is 5.78 Å². The van der Waals surface area contributed by atoms with Crippen LogP contribution >= 0.6 is 0 Å². The Morgan fingerprint density at radius 1 is 1.28 bits per heavy atom. The number of aromatic amines is 1. The van der Waals surface area contributed by atoms with Crippen LogP contribution in [0, 0.1) is 0 Å². The van der Waals surface area contributed by atoms with E-state index < -0.39 is 18.0 Å². The first-order valence-electron chi connectivity index (χ1n) is 7.89. The molecule has 0 bridgehead atoms. The van der Waals surface area contributed by atoms with Gasteiger partial charge in [0.25, 0.3) is 0 Å². The van der Waals surface area contributed by atoms with Gasteiger partial charge in [-0.05, 0) is 24.1 Å². The number of carboxylic acids is 1. The third kappa shape index (κ3) is 4.94. The average Bonchev–Trinajstić information content (AvgIpc) is 2.97. The molecule has 0 unspecified atom stereocenters. The number of benzene rings is 1. The minimum Gasteiger partial charge on any atom is -0.480 e. The number of H-pyrrole nitrogens is 1. The summed E-state index contributed by atoms with van der Waals surface area (Å²) in [5.74, 6) is -1.27. The molecule has 0 spiro atoms. The molecule has 7 heteroatoms. The van der Waals surface area contributed by atoms with Gasteiger partial charge < -0.3 is 20.7 Å². The fourth-order valence-corrected chi connectivity index (χ4v) is 2.43. The molecule has 7 nitrogen and oxygen atoms in total. The predicted octanol–water partition coefficient (Wildman–Crippen LogP) is 2.00. The van der Waals surface area contributed by atoms with E-state index in [-0.39, 0.29) is 25.2 Å². The highest BCUT2D eigenvalue weighted by Crippen LogP contribution is 2.19. The summed E-state index contributed by atoms with van der Waals surface area (Å²) in [6.07, 6.45) is 2.02. The van der Waals surface area contributed by atoms with E-state index in [1.807, 2.05) is 24.3 Å².